The fourth-order valence-electron chi connectivity index (χ4n) is 4.40. The number of methoxy groups -OCH3 is 1. The molecule has 4 rings (SSSR count). The molecule has 0 N–H and O–H groups in total. The molecule has 1 unspecified atom stereocenters. The first kappa shape index (κ1) is 30.7. The number of benzene rings is 3. The van der Waals surface area contributed by atoms with Crippen LogP contribution < -0.4 is 9.04 Å². The Hall–Kier alpha value is -3.21. The quantitative estimate of drug-likeness (QED) is 0.142. The molecule has 0 spiro atoms. The first-order valence-corrected chi connectivity index (χ1v) is 14.5. The lowest BCUT2D eigenvalue weighted by Crippen LogP contribution is -2.43. The van der Waals surface area contributed by atoms with E-state index in [1.165, 1.54) is 43.5 Å². The zero-order valence-corrected chi connectivity index (χ0v) is 24.3. The van der Waals surface area contributed by atoms with Crippen molar-refractivity contribution in [2.45, 2.75) is 36.9 Å². The topological polar surface area (TPSA) is 55.8 Å². The average molecular weight is 630 g/mol. The predicted octanol–water partition coefficient (Wildman–Crippen LogP) is 8.61. The van der Waals surface area contributed by atoms with E-state index in [9.17, 15) is 26.0 Å². The lowest BCUT2D eigenvalue weighted by molar-refractivity contribution is -0.137. The van der Waals surface area contributed by atoms with E-state index in [4.69, 9.17) is 32.7 Å². The molecule has 1 aliphatic rings. The van der Waals surface area contributed by atoms with Crippen molar-refractivity contribution in [3.63, 3.8) is 0 Å². The molecule has 3 aromatic rings. The number of anilines is 1. The Balaban J connectivity index is 1.83. The standard InChI is InChI=1S/C29H25Cl2F4NO4S/c1-17(28-23(30)8-5-9-25(28)32)12-19-13-26-27(15-24(19)31)40-21(11-10-18(2)39-3)16-36(26)41(37,38)22-7-4-6-20(14-22)29(33,34)35/h4-9,12-15,21H,2,10-11,16H2,1,3H3. The molecule has 0 radical (unpaired) electrons. The molecule has 0 aliphatic carbocycles. The fourth-order valence-corrected chi connectivity index (χ4v) is 6.47. The van der Waals surface area contributed by atoms with E-state index in [0.717, 1.165) is 22.5 Å². The van der Waals surface area contributed by atoms with Gasteiger partial charge in [-0.05, 0) is 67.0 Å². The van der Waals surface area contributed by atoms with Crippen LogP contribution in [-0.2, 0) is 20.9 Å². The molecule has 0 aromatic heterocycles. The minimum atomic E-state index is -4.74. The Morgan fingerprint density at radius 1 is 1.15 bits per heavy atom. The average Bonchev–Trinajstić information content (AvgIpc) is 2.91. The van der Waals surface area contributed by atoms with Crippen molar-refractivity contribution < 1.29 is 35.5 Å². The highest BCUT2D eigenvalue weighted by Crippen LogP contribution is 2.43. The number of ether oxygens (including phenoxy) is 2. The molecule has 1 heterocycles. The third-order valence-corrected chi connectivity index (χ3v) is 8.94. The molecule has 1 atom stereocenters. The lowest BCUT2D eigenvalue weighted by Gasteiger charge is -2.36. The predicted molar refractivity (Wildman–Crippen MR) is 152 cm³/mol. The summed E-state index contributed by atoms with van der Waals surface area (Å²) < 4.78 is 94.6. The Morgan fingerprint density at radius 3 is 2.51 bits per heavy atom. The summed E-state index contributed by atoms with van der Waals surface area (Å²) in [6.45, 7) is 5.18. The number of hydrogen-bond donors (Lipinski definition) is 0. The van der Waals surface area contributed by atoms with Gasteiger partial charge < -0.3 is 9.47 Å². The van der Waals surface area contributed by atoms with Gasteiger partial charge in [-0.15, -0.1) is 0 Å². The minimum absolute atomic E-state index is 0.0623. The van der Waals surface area contributed by atoms with Crippen molar-refractivity contribution in [1.29, 1.82) is 0 Å². The van der Waals surface area contributed by atoms with Crippen molar-refractivity contribution in [3.8, 4) is 5.75 Å². The number of halogens is 6. The molecular weight excluding hydrogens is 605 g/mol. The van der Waals surface area contributed by atoms with Crippen LogP contribution in [0.5, 0.6) is 5.75 Å². The summed E-state index contributed by atoms with van der Waals surface area (Å²) in [6.07, 6.45) is -3.23. The second kappa shape index (κ2) is 12.0. The van der Waals surface area contributed by atoms with Crippen molar-refractivity contribution in [2.24, 2.45) is 0 Å². The van der Waals surface area contributed by atoms with Gasteiger partial charge >= 0.3 is 6.18 Å². The molecule has 0 fully saturated rings. The van der Waals surface area contributed by atoms with Crippen LogP contribution in [0.2, 0.25) is 10.0 Å². The van der Waals surface area contributed by atoms with E-state index in [-0.39, 0.29) is 33.6 Å². The molecule has 5 nitrogen and oxygen atoms in total. The van der Waals surface area contributed by atoms with E-state index >= 15 is 0 Å². The van der Waals surface area contributed by atoms with Gasteiger partial charge in [0.2, 0.25) is 0 Å². The zero-order valence-electron chi connectivity index (χ0n) is 21.9. The maximum atomic E-state index is 14.5. The largest absolute Gasteiger partial charge is 0.502 e. The van der Waals surface area contributed by atoms with Crippen LogP contribution in [-0.4, -0.2) is 28.2 Å². The van der Waals surface area contributed by atoms with E-state index in [0.29, 0.717) is 35.8 Å². The Bertz CT molecular complexity index is 1600. The molecule has 3 aromatic carbocycles. The summed E-state index contributed by atoms with van der Waals surface area (Å²) in [5, 5.41) is 0.347. The van der Waals surface area contributed by atoms with Gasteiger partial charge in [-0.25, -0.2) is 12.8 Å². The molecular formula is C29H25Cl2F4NO4S. The molecule has 41 heavy (non-hydrogen) atoms. The zero-order chi connectivity index (χ0) is 30.1. The number of alkyl halides is 3. The van der Waals surface area contributed by atoms with Gasteiger partial charge in [0.1, 0.15) is 17.7 Å². The van der Waals surface area contributed by atoms with Gasteiger partial charge in [0.25, 0.3) is 10.0 Å². The third kappa shape index (κ3) is 6.66. The fraction of sp³-hybridized carbons (Fsp3) is 0.241. The highest BCUT2D eigenvalue weighted by molar-refractivity contribution is 7.92. The number of allylic oxidation sites excluding steroid dienone is 2. The van der Waals surface area contributed by atoms with Crippen molar-refractivity contribution >= 4 is 50.6 Å². The maximum absolute atomic E-state index is 14.5. The van der Waals surface area contributed by atoms with Gasteiger partial charge in [-0.1, -0.05) is 41.9 Å². The molecule has 1 aliphatic heterocycles. The summed E-state index contributed by atoms with van der Waals surface area (Å²) in [7, 11) is -3.05. The Morgan fingerprint density at radius 2 is 1.85 bits per heavy atom. The first-order valence-electron chi connectivity index (χ1n) is 12.3. The van der Waals surface area contributed by atoms with Gasteiger partial charge in [0.15, 0.2) is 0 Å². The SMILES string of the molecule is C=C(CCC1CN(S(=O)(=O)c2cccc(C(F)(F)F)c2)c2cc(C=C(C)c3c(F)cccc3Cl)c(Cl)cc2O1)OC. The van der Waals surface area contributed by atoms with Crippen LogP contribution in [0, 0.1) is 5.82 Å². The molecule has 0 amide bonds. The second-order valence-corrected chi connectivity index (χ2v) is 12.0. The van der Waals surface area contributed by atoms with E-state index in [1.807, 2.05) is 0 Å². The van der Waals surface area contributed by atoms with Gasteiger partial charge in [-0.2, -0.15) is 13.2 Å². The van der Waals surface area contributed by atoms with Crippen LogP contribution in [0.3, 0.4) is 0 Å². The van der Waals surface area contributed by atoms with Crippen LogP contribution in [0.25, 0.3) is 11.6 Å². The summed E-state index contributed by atoms with van der Waals surface area (Å²) >= 11 is 12.7. The highest BCUT2D eigenvalue weighted by atomic mass is 35.5. The number of sulfonamides is 1. The van der Waals surface area contributed by atoms with Crippen LogP contribution in [0.1, 0.15) is 36.5 Å². The number of rotatable bonds is 8. The smallest absolute Gasteiger partial charge is 0.416 e. The second-order valence-electron chi connectivity index (χ2n) is 9.35. The molecule has 12 heteroatoms. The lowest BCUT2D eigenvalue weighted by atomic mass is 10.0. The van der Waals surface area contributed by atoms with Gasteiger partial charge in [0.05, 0.1) is 45.6 Å². The Labute approximate surface area is 245 Å². The summed E-state index contributed by atoms with van der Waals surface area (Å²) in [5.74, 6) is 0.00828. The van der Waals surface area contributed by atoms with Crippen molar-refractivity contribution in [3.05, 3.63) is 99.5 Å². The van der Waals surface area contributed by atoms with Crippen LogP contribution in [0.15, 0.2) is 71.8 Å². The third-order valence-electron chi connectivity index (χ3n) is 6.52. The number of hydrogen-bond acceptors (Lipinski definition) is 4. The first-order chi connectivity index (χ1) is 19.2. The summed E-state index contributed by atoms with van der Waals surface area (Å²) in [6, 6.07) is 10.6. The molecule has 218 valence electrons. The monoisotopic (exact) mass is 629 g/mol. The summed E-state index contributed by atoms with van der Waals surface area (Å²) in [4.78, 5) is -0.540. The van der Waals surface area contributed by atoms with Crippen molar-refractivity contribution in [2.75, 3.05) is 18.0 Å². The van der Waals surface area contributed by atoms with Crippen LogP contribution in [0.4, 0.5) is 23.2 Å². The molecule has 0 saturated heterocycles. The Kier molecular flexibility index (Phi) is 8.96. The highest BCUT2D eigenvalue weighted by Gasteiger charge is 2.37. The maximum Gasteiger partial charge on any atom is 0.416 e. The normalized spacial score (nSPS) is 15.8. The van der Waals surface area contributed by atoms with E-state index in [1.54, 1.807) is 6.92 Å². The molecule has 0 saturated carbocycles. The number of nitrogens with zero attached hydrogens (tertiary/aromatic N) is 1. The van der Waals surface area contributed by atoms with E-state index < -0.39 is 38.6 Å². The van der Waals surface area contributed by atoms with E-state index in [2.05, 4.69) is 6.58 Å². The van der Waals surface area contributed by atoms with Gasteiger partial charge in [-0.3, -0.25) is 4.31 Å². The number of fused-ring (bicyclic) bond motifs is 1. The molecule has 0 bridgehead atoms. The minimum Gasteiger partial charge on any atom is -0.502 e. The van der Waals surface area contributed by atoms with Gasteiger partial charge in [0, 0.05) is 18.1 Å². The summed E-state index contributed by atoms with van der Waals surface area (Å²) in [5.41, 5.74) is -0.160. The van der Waals surface area contributed by atoms with Crippen LogP contribution >= 0.6 is 23.2 Å². The van der Waals surface area contributed by atoms with Crippen molar-refractivity contribution in [1.82, 2.24) is 0 Å².